The van der Waals surface area contributed by atoms with E-state index in [1.807, 2.05) is 0 Å². The lowest BCUT2D eigenvalue weighted by atomic mass is 10.0. The first-order chi connectivity index (χ1) is 11.7. The third-order valence-electron chi connectivity index (χ3n) is 3.20. The minimum absolute atomic E-state index is 0.154. The van der Waals surface area contributed by atoms with Crippen molar-refractivity contribution in [1.82, 2.24) is 14.6 Å². The van der Waals surface area contributed by atoms with Crippen LogP contribution in [0.5, 0.6) is 0 Å². The number of amides is 2. The molecule has 4 N–H and O–H groups in total. The van der Waals surface area contributed by atoms with Crippen LogP contribution in [0.25, 0.3) is 0 Å². The maximum absolute atomic E-state index is 12.4. The first kappa shape index (κ1) is 19.4. The number of nitrogens with two attached hydrogens (primary N) is 1. The number of carbonyl (C=O) groups excluding carboxylic acids is 2. The second-order valence-corrected chi connectivity index (χ2v) is 7.87. The molecule has 1 aliphatic heterocycles. The molecule has 2 unspecified atom stereocenters. The third-order valence-corrected chi connectivity index (χ3v) is 5.50. The third kappa shape index (κ3) is 4.02. The summed E-state index contributed by atoms with van der Waals surface area (Å²) in [6, 6.07) is -2.04. The van der Waals surface area contributed by atoms with Gasteiger partial charge in [-0.25, -0.2) is 9.29 Å². The van der Waals surface area contributed by atoms with Crippen LogP contribution in [0.3, 0.4) is 0 Å². The fourth-order valence-corrected chi connectivity index (χ4v) is 4.40. The number of anilines is 1. The molecule has 2 heterocycles. The van der Waals surface area contributed by atoms with Gasteiger partial charge in [0, 0.05) is 11.1 Å². The Bertz CT molecular complexity index is 807. The van der Waals surface area contributed by atoms with Crippen LogP contribution in [-0.4, -0.2) is 71.0 Å². The number of aromatic nitrogens is 1. The van der Waals surface area contributed by atoms with Gasteiger partial charge in [0.25, 0.3) is 11.8 Å². The zero-order valence-corrected chi connectivity index (χ0v) is 15.5. The molecule has 1 aromatic heterocycles. The number of rotatable bonds is 7. The van der Waals surface area contributed by atoms with Crippen LogP contribution in [-0.2, 0) is 24.7 Å². The van der Waals surface area contributed by atoms with Crippen LogP contribution in [0.4, 0.5) is 5.13 Å². The lowest BCUT2D eigenvalue weighted by molar-refractivity contribution is -0.143. The standard InChI is InChI=1S/C11H15N5O6S3/c1-22-15-7(5-3-24-11(12)13-5)9(17)14-8-6(4-23-2)16(10(8)18)25(19,20)21/h3,6,8H,4H2,1-2H3,(H2,12,13)(H,14,17)(H,19,20,21)/b15-7-. The molecule has 2 amide bonds. The van der Waals surface area contributed by atoms with Gasteiger partial charge in [0.2, 0.25) is 0 Å². The Labute approximate surface area is 151 Å². The maximum Gasteiger partial charge on any atom is 0.362 e. The number of nitrogens with zero attached hydrogens (tertiary/aromatic N) is 3. The fraction of sp³-hybridized carbons (Fsp3) is 0.455. The predicted octanol–water partition coefficient (Wildman–Crippen LogP) is -1.06. The molecule has 0 saturated carbocycles. The molecule has 1 saturated heterocycles. The lowest BCUT2D eigenvalue weighted by Gasteiger charge is -2.43. The number of β-lactam (4-membered cyclic amide) rings is 1. The monoisotopic (exact) mass is 409 g/mol. The first-order valence-electron chi connectivity index (χ1n) is 6.63. The van der Waals surface area contributed by atoms with Gasteiger partial charge in [-0.1, -0.05) is 5.16 Å². The molecule has 0 aliphatic carbocycles. The minimum atomic E-state index is -4.70. The number of hydrogen-bond acceptors (Lipinski definition) is 10. The van der Waals surface area contributed by atoms with E-state index >= 15 is 0 Å². The second kappa shape index (κ2) is 7.55. The Hall–Kier alpha value is -1.90. The maximum atomic E-state index is 12.4. The summed E-state index contributed by atoms with van der Waals surface area (Å²) in [5, 5.41) is 7.67. The van der Waals surface area contributed by atoms with Crippen molar-refractivity contribution in [1.29, 1.82) is 0 Å². The number of thiazole rings is 1. The van der Waals surface area contributed by atoms with Crippen molar-refractivity contribution in [2.75, 3.05) is 24.9 Å². The van der Waals surface area contributed by atoms with Gasteiger partial charge in [0.05, 0.1) is 6.04 Å². The van der Waals surface area contributed by atoms with Crippen LogP contribution in [0.15, 0.2) is 10.5 Å². The smallest absolute Gasteiger partial charge is 0.362 e. The van der Waals surface area contributed by atoms with E-state index < -0.39 is 34.2 Å². The highest BCUT2D eigenvalue weighted by atomic mass is 32.2. The number of hydrogen-bond donors (Lipinski definition) is 3. The Morgan fingerprint density at radius 2 is 2.32 bits per heavy atom. The molecule has 1 aliphatic rings. The normalized spacial score (nSPS) is 21.0. The summed E-state index contributed by atoms with van der Waals surface area (Å²) in [4.78, 5) is 33.0. The highest BCUT2D eigenvalue weighted by molar-refractivity contribution is 7.98. The Morgan fingerprint density at radius 3 is 2.80 bits per heavy atom. The largest absolute Gasteiger partial charge is 0.398 e. The topological polar surface area (TPSA) is 164 Å². The van der Waals surface area contributed by atoms with Gasteiger partial charge < -0.3 is 15.9 Å². The molecule has 1 fully saturated rings. The average molecular weight is 409 g/mol. The number of carbonyl (C=O) groups is 2. The van der Waals surface area contributed by atoms with Gasteiger partial charge in [0.1, 0.15) is 18.8 Å². The van der Waals surface area contributed by atoms with Crippen molar-refractivity contribution in [3.8, 4) is 0 Å². The molecule has 0 bridgehead atoms. The van der Waals surface area contributed by atoms with Crippen LogP contribution in [0, 0.1) is 0 Å². The van der Waals surface area contributed by atoms with Crippen LogP contribution in [0.2, 0.25) is 0 Å². The van der Waals surface area contributed by atoms with Crippen molar-refractivity contribution in [2.45, 2.75) is 12.1 Å². The van der Waals surface area contributed by atoms with E-state index in [1.54, 1.807) is 6.26 Å². The zero-order chi connectivity index (χ0) is 18.8. The number of nitrogens with one attached hydrogen (secondary N) is 1. The van der Waals surface area contributed by atoms with E-state index in [0.29, 0.717) is 4.31 Å². The summed E-state index contributed by atoms with van der Waals surface area (Å²) in [6.07, 6.45) is 1.69. The summed E-state index contributed by atoms with van der Waals surface area (Å²) in [5.41, 5.74) is 5.47. The number of nitrogen functional groups attached to an aromatic ring is 1. The quantitative estimate of drug-likeness (QED) is 0.220. The van der Waals surface area contributed by atoms with Crippen LogP contribution < -0.4 is 11.1 Å². The SMILES string of the molecule is CO/N=C(\C(=O)NC1C(=O)N(S(=O)(=O)O)C1CSC)c1csc(N)n1. The summed E-state index contributed by atoms with van der Waals surface area (Å²) in [5.74, 6) is -1.53. The summed E-state index contributed by atoms with van der Waals surface area (Å²) in [6.45, 7) is 0. The molecule has 138 valence electrons. The minimum Gasteiger partial charge on any atom is -0.398 e. The van der Waals surface area contributed by atoms with Gasteiger partial charge in [-0.2, -0.15) is 20.2 Å². The van der Waals surface area contributed by atoms with Gasteiger partial charge in [0.15, 0.2) is 10.8 Å². The summed E-state index contributed by atoms with van der Waals surface area (Å²) in [7, 11) is -3.47. The van der Waals surface area contributed by atoms with Crippen molar-refractivity contribution < 1.29 is 27.4 Å². The van der Waals surface area contributed by atoms with Crippen molar-refractivity contribution in [2.24, 2.45) is 5.16 Å². The van der Waals surface area contributed by atoms with Gasteiger partial charge in [-0.3, -0.25) is 14.1 Å². The van der Waals surface area contributed by atoms with E-state index in [1.165, 1.54) is 24.3 Å². The van der Waals surface area contributed by atoms with E-state index in [9.17, 15) is 18.0 Å². The first-order valence-corrected chi connectivity index (χ1v) is 10.3. The molecule has 14 heteroatoms. The molecule has 0 radical (unpaired) electrons. The number of thioether (sulfide) groups is 1. The van der Waals surface area contributed by atoms with Gasteiger partial charge in [-0.15, -0.1) is 11.3 Å². The summed E-state index contributed by atoms with van der Waals surface area (Å²) >= 11 is 2.34. The zero-order valence-electron chi connectivity index (χ0n) is 13.1. The average Bonchev–Trinajstić information content (AvgIpc) is 2.94. The van der Waals surface area contributed by atoms with E-state index in [-0.39, 0.29) is 22.3 Å². The van der Waals surface area contributed by atoms with Gasteiger partial charge >= 0.3 is 10.3 Å². The molecule has 2 rings (SSSR count). The van der Waals surface area contributed by atoms with Crippen molar-refractivity contribution in [3.05, 3.63) is 11.1 Å². The Balaban J connectivity index is 2.20. The molecular formula is C11H15N5O6S3. The van der Waals surface area contributed by atoms with Crippen LogP contribution >= 0.6 is 23.1 Å². The molecule has 25 heavy (non-hydrogen) atoms. The molecular weight excluding hydrogens is 394 g/mol. The van der Waals surface area contributed by atoms with E-state index in [0.717, 1.165) is 11.3 Å². The second-order valence-electron chi connectivity index (χ2n) is 4.78. The van der Waals surface area contributed by atoms with Gasteiger partial charge in [-0.05, 0) is 6.26 Å². The summed E-state index contributed by atoms with van der Waals surface area (Å²) < 4.78 is 32.0. The molecule has 0 aromatic carbocycles. The molecule has 1 aromatic rings. The highest BCUT2D eigenvalue weighted by Crippen LogP contribution is 2.26. The van der Waals surface area contributed by atoms with E-state index in [4.69, 9.17) is 10.3 Å². The highest BCUT2D eigenvalue weighted by Gasteiger charge is 2.53. The molecule has 11 nitrogen and oxygen atoms in total. The Morgan fingerprint density at radius 1 is 1.64 bits per heavy atom. The predicted molar refractivity (Wildman–Crippen MR) is 92.6 cm³/mol. The van der Waals surface area contributed by atoms with Crippen molar-refractivity contribution in [3.63, 3.8) is 0 Å². The lowest BCUT2D eigenvalue weighted by Crippen LogP contribution is -2.73. The fourth-order valence-electron chi connectivity index (χ4n) is 2.20. The van der Waals surface area contributed by atoms with Crippen LogP contribution in [0.1, 0.15) is 5.69 Å². The molecule has 2 atom stereocenters. The number of oxime groups is 1. The van der Waals surface area contributed by atoms with E-state index in [2.05, 4.69) is 20.3 Å². The van der Waals surface area contributed by atoms with Crippen molar-refractivity contribution >= 4 is 56.1 Å². The Kier molecular flexibility index (Phi) is 5.87. The molecule has 0 spiro atoms.